The Kier molecular flexibility index (Phi) is 5.61. The van der Waals surface area contributed by atoms with E-state index >= 15 is 0 Å². The Morgan fingerprint density at radius 3 is 2.46 bits per heavy atom. The topological polar surface area (TPSA) is 73.7 Å². The van der Waals surface area contributed by atoms with Gasteiger partial charge in [-0.25, -0.2) is 0 Å². The molecule has 1 aliphatic rings. The van der Waals surface area contributed by atoms with Crippen molar-refractivity contribution in [3.63, 3.8) is 0 Å². The fourth-order valence-corrected chi connectivity index (χ4v) is 3.45. The number of aliphatic hydroxyl groups excluding tert-OH is 1. The van der Waals surface area contributed by atoms with Gasteiger partial charge in [0.25, 0.3) is 11.7 Å². The first kappa shape index (κ1) is 19.8. The largest absolute Gasteiger partial charge is 0.507 e. The number of aryl methyl sites for hydroxylation is 2. The van der Waals surface area contributed by atoms with E-state index in [4.69, 9.17) is 0 Å². The number of nitrogens with zero attached hydrogens (tertiary/aromatic N) is 3. The van der Waals surface area contributed by atoms with E-state index in [9.17, 15) is 14.7 Å². The molecule has 1 aliphatic heterocycles. The summed E-state index contributed by atoms with van der Waals surface area (Å²) in [4.78, 5) is 33.2. The van der Waals surface area contributed by atoms with Gasteiger partial charge in [0.05, 0.1) is 11.6 Å². The van der Waals surface area contributed by atoms with Gasteiger partial charge in [0.1, 0.15) is 5.76 Å². The lowest BCUT2D eigenvalue weighted by Gasteiger charge is -2.26. The van der Waals surface area contributed by atoms with E-state index in [1.807, 2.05) is 51.0 Å². The van der Waals surface area contributed by atoms with Crippen molar-refractivity contribution in [3.8, 4) is 0 Å². The summed E-state index contributed by atoms with van der Waals surface area (Å²) in [5.41, 5.74) is 3.26. The molecule has 0 saturated carbocycles. The molecule has 1 atom stereocenters. The number of aliphatic hydroxyl groups is 1. The van der Waals surface area contributed by atoms with E-state index in [1.54, 1.807) is 24.5 Å². The van der Waals surface area contributed by atoms with Gasteiger partial charge in [0, 0.05) is 31.0 Å². The van der Waals surface area contributed by atoms with Crippen molar-refractivity contribution in [2.24, 2.45) is 0 Å². The van der Waals surface area contributed by atoms with Crippen LogP contribution in [0.15, 0.2) is 48.3 Å². The first-order valence-electron chi connectivity index (χ1n) is 9.22. The number of rotatable bonds is 5. The first-order valence-corrected chi connectivity index (χ1v) is 9.22. The van der Waals surface area contributed by atoms with Crippen LogP contribution in [0.2, 0.25) is 0 Å². The number of likely N-dealkylation sites (tertiary alicyclic amines) is 1. The molecule has 2 aromatic rings. The standard InChI is InChI=1S/C22H25N3O3/c1-14-5-6-15(2)17(13-14)20(26)18-19(16-7-9-23-10-8-16)25(12-11-24(3)4)22(28)21(18)27/h5-10,13,19,26H,11-12H2,1-4H3. The Balaban J connectivity index is 2.18. The van der Waals surface area contributed by atoms with Gasteiger partial charge in [-0.15, -0.1) is 0 Å². The van der Waals surface area contributed by atoms with Crippen LogP contribution in [-0.4, -0.2) is 58.8 Å². The number of carbonyl (C=O) groups is 2. The van der Waals surface area contributed by atoms with Crippen LogP contribution in [0.4, 0.5) is 0 Å². The summed E-state index contributed by atoms with van der Waals surface area (Å²) >= 11 is 0. The average Bonchev–Trinajstić information content (AvgIpc) is 2.93. The summed E-state index contributed by atoms with van der Waals surface area (Å²) in [7, 11) is 3.82. The summed E-state index contributed by atoms with van der Waals surface area (Å²) in [5.74, 6) is -1.37. The third-order valence-electron chi connectivity index (χ3n) is 5.00. The molecule has 146 valence electrons. The van der Waals surface area contributed by atoms with Gasteiger partial charge in [-0.05, 0) is 57.3 Å². The number of aromatic nitrogens is 1. The van der Waals surface area contributed by atoms with Gasteiger partial charge in [-0.2, -0.15) is 0 Å². The van der Waals surface area contributed by atoms with E-state index in [2.05, 4.69) is 4.98 Å². The van der Waals surface area contributed by atoms with Crippen molar-refractivity contribution in [3.05, 3.63) is 70.6 Å². The Morgan fingerprint density at radius 2 is 1.82 bits per heavy atom. The van der Waals surface area contributed by atoms with Gasteiger partial charge >= 0.3 is 0 Å². The highest BCUT2D eigenvalue weighted by atomic mass is 16.3. The molecular formula is C22H25N3O3. The number of pyridine rings is 1. The molecular weight excluding hydrogens is 354 g/mol. The van der Waals surface area contributed by atoms with Gasteiger partial charge in [-0.1, -0.05) is 17.7 Å². The molecule has 0 aliphatic carbocycles. The number of benzene rings is 1. The van der Waals surface area contributed by atoms with Crippen LogP contribution in [0.25, 0.3) is 5.76 Å². The fraction of sp³-hybridized carbons (Fsp3) is 0.318. The second kappa shape index (κ2) is 7.94. The second-order valence-corrected chi connectivity index (χ2v) is 7.39. The van der Waals surface area contributed by atoms with Crippen molar-refractivity contribution in [2.45, 2.75) is 19.9 Å². The Hall–Kier alpha value is -2.99. The summed E-state index contributed by atoms with van der Waals surface area (Å²) in [5, 5.41) is 11.1. The molecule has 1 aromatic carbocycles. The van der Waals surface area contributed by atoms with Gasteiger partial charge in [0.2, 0.25) is 0 Å². The SMILES string of the molecule is Cc1ccc(C)c(C(O)=C2C(=O)C(=O)N(CCN(C)C)C2c2ccncc2)c1. The van der Waals surface area contributed by atoms with Crippen LogP contribution >= 0.6 is 0 Å². The zero-order chi connectivity index (χ0) is 20.4. The van der Waals surface area contributed by atoms with Crippen molar-refractivity contribution in [1.82, 2.24) is 14.8 Å². The Labute approximate surface area is 165 Å². The van der Waals surface area contributed by atoms with Gasteiger partial charge < -0.3 is 14.9 Å². The third-order valence-corrected chi connectivity index (χ3v) is 5.00. The number of carbonyl (C=O) groups excluding carboxylic acids is 2. The molecule has 3 rings (SSSR count). The van der Waals surface area contributed by atoms with Crippen LogP contribution in [0.5, 0.6) is 0 Å². The molecule has 1 unspecified atom stereocenters. The molecule has 1 N–H and O–H groups in total. The molecule has 0 bridgehead atoms. The number of likely N-dealkylation sites (N-methyl/N-ethyl adjacent to an activating group) is 1. The lowest BCUT2D eigenvalue weighted by molar-refractivity contribution is -0.140. The van der Waals surface area contributed by atoms with Gasteiger partial charge in [0.15, 0.2) is 0 Å². The highest BCUT2D eigenvalue weighted by Gasteiger charge is 2.45. The van der Waals surface area contributed by atoms with E-state index < -0.39 is 17.7 Å². The molecule has 1 amide bonds. The fourth-order valence-electron chi connectivity index (χ4n) is 3.45. The minimum Gasteiger partial charge on any atom is -0.507 e. The quantitative estimate of drug-likeness (QED) is 0.491. The summed E-state index contributed by atoms with van der Waals surface area (Å²) in [6.45, 7) is 4.79. The maximum atomic E-state index is 12.9. The number of hydrogen-bond acceptors (Lipinski definition) is 5. The molecule has 1 aromatic heterocycles. The van der Waals surface area contributed by atoms with Crippen molar-refractivity contribution < 1.29 is 14.7 Å². The molecule has 0 radical (unpaired) electrons. The first-order chi connectivity index (χ1) is 13.3. The molecule has 1 fully saturated rings. The maximum absolute atomic E-state index is 12.9. The summed E-state index contributed by atoms with van der Waals surface area (Å²) in [6, 6.07) is 8.59. The molecule has 6 nitrogen and oxygen atoms in total. The van der Waals surface area contributed by atoms with E-state index in [0.717, 1.165) is 16.7 Å². The normalized spacial score (nSPS) is 18.9. The van der Waals surface area contributed by atoms with Crippen molar-refractivity contribution >= 4 is 17.4 Å². The molecule has 6 heteroatoms. The van der Waals surface area contributed by atoms with Gasteiger partial charge in [-0.3, -0.25) is 14.6 Å². The highest BCUT2D eigenvalue weighted by molar-refractivity contribution is 6.46. The second-order valence-electron chi connectivity index (χ2n) is 7.39. The van der Waals surface area contributed by atoms with Crippen molar-refractivity contribution in [1.29, 1.82) is 0 Å². The van der Waals surface area contributed by atoms with Crippen LogP contribution in [-0.2, 0) is 9.59 Å². The van der Waals surface area contributed by atoms with E-state index in [-0.39, 0.29) is 11.3 Å². The lowest BCUT2D eigenvalue weighted by atomic mass is 9.94. The van der Waals surface area contributed by atoms with Crippen LogP contribution in [0.3, 0.4) is 0 Å². The lowest BCUT2D eigenvalue weighted by Crippen LogP contribution is -2.35. The molecule has 0 spiro atoms. The number of hydrogen-bond donors (Lipinski definition) is 1. The van der Waals surface area contributed by atoms with E-state index in [0.29, 0.717) is 18.7 Å². The molecule has 1 saturated heterocycles. The van der Waals surface area contributed by atoms with Crippen LogP contribution < -0.4 is 0 Å². The van der Waals surface area contributed by atoms with Crippen LogP contribution in [0.1, 0.15) is 28.3 Å². The number of amides is 1. The zero-order valence-electron chi connectivity index (χ0n) is 16.6. The number of ketones is 1. The van der Waals surface area contributed by atoms with Crippen LogP contribution in [0, 0.1) is 13.8 Å². The maximum Gasteiger partial charge on any atom is 0.295 e. The summed E-state index contributed by atoms with van der Waals surface area (Å²) in [6.07, 6.45) is 3.25. The molecule has 2 heterocycles. The molecule has 28 heavy (non-hydrogen) atoms. The summed E-state index contributed by atoms with van der Waals surface area (Å²) < 4.78 is 0. The smallest absolute Gasteiger partial charge is 0.295 e. The monoisotopic (exact) mass is 379 g/mol. The predicted molar refractivity (Wildman–Crippen MR) is 108 cm³/mol. The van der Waals surface area contributed by atoms with Crippen molar-refractivity contribution in [2.75, 3.05) is 27.2 Å². The number of Topliss-reactive ketones (excluding diaryl/α,β-unsaturated/α-hetero) is 1. The van der Waals surface area contributed by atoms with E-state index in [1.165, 1.54) is 4.90 Å². The zero-order valence-corrected chi connectivity index (χ0v) is 16.6. The third kappa shape index (κ3) is 3.68. The Bertz CT molecular complexity index is 935. The average molecular weight is 379 g/mol. The predicted octanol–water partition coefficient (Wildman–Crippen LogP) is 2.68. The minimum atomic E-state index is -0.654. The minimum absolute atomic E-state index is 0.128. The Morgan fingerprint density at radius 1 is 1.14 bits per heavy atom. The highest BCUT2D eigenvalue weighted by Crippen LogP contribution is 2.39.